The highest BCUT2D eigenvalue weighted by Crippen LogP contribution is 2.32. The Balaban J connectivity index is 1.90. The topological polar surface area (TPSA) is 57.6 Å². The van der Waals surface area contributed by atoms with E-state index in [4.69, 9.17) is 5.11 Å². The molecular weight excluding hydrogens is 250 g/mol. The van der Waals surface area contributed by atoms with Crippen molar-refractivity contribution in [3.05, 3.63) is 22.4 Å². The highest BCUT2D eigenvalue weighted by Gasteiger charge is 2.35. The zero-order chi connectivity index (χ0) is 13.1. The number of carbonyl (C=O) groups excluding carboxylic acids is 1. The number of carboxylic acids is 1. The molecule has 1 amide bonds. The van der Waals surface area contributed by atoms with Crippen molar-refractivity contribution in [3.63, 3.8) is 0 Å². The summed E-state index contributed by atoms with van der Waals surface area (Å²) in [6.07, 6.45) is 1.81. The number of aliphatic carboxylic acids is 1. The molecule has 1 aromatic rings. The van der Waals surface area contributed by atoms with E-state index < -0.39 is 5.97 Å². The van der Waals surface area contributed by atoms with E-state index in [1.807, 2.05) is 16.8 Å². The van der Waals surface area contributed by atoms with Crippen molar-refractivity contribution in [2.45, 2.75) is 25.8 Å². The summed E-state index contributed by atoms with van der Waals surface area (Å²) < 4.78 is 0. The maximum atomic E-state index is 12.2. The first-order chi connectivity index (χ1) is 8.58. The molecule has 1 heterocycles. The van der Waals surface area contributed by atoms with Crippen molar-refractivity contribution in [2.75, 3.05) is 7.05 Å². The number of amides is 1. The second kappa shape index (κ2) is 5.52. The summed E-state index contributed by atoms with van der Waals surface area (Å²) >= 11 is 1.61. The van der Waals surface area contributed by atoms with Gasteiger partial charge in [0.05, 0.1) is 5.92 Å². The predicted molar refractivity (Wildman–Crippen MR) is 69.3 cm³/mol. The van der Waals surface area contributed by atoms with Crippen LogP contribution in [0.5, 0.6) is 0 Å². The van der Waals surface area contributed by atoms with Gasteiger partial charge in [0, 0.05) is 19.5 Å². The predicted octanol–water partition coefficient (Wildman–Crippen LogP) is 2.21. The molecular formula is C13H17NO3S. The van der Waals surface area contributed by atoms with E-state index in [1.165, 1.54) is 0 Å². The number of thiophene rings is 1. The van der Waals surface area contributed by atoms with Crippen LogP contribution in [0.25, 0.3) is 0 Å². The third kappa shape index (κ3) is 2.90. The Morgan fingerprint density at radius 3 is 2.72 bits per heavy atom. The average molecular weight is 267 g/mol. The molecule has 1 aliphatic carbocycles. The van der Waals surface area contributed by atoms with Crippen LogP contribution in [0.4, 0.5) is 0 Å². The third-order valence-electron chi connectivity index (χ3n) is 3.51. The molecule has 2 rings (SSSR count). The van der Waals surface area contributed by atoms with Crippen LogP contribution in [0.15, 0.2) is 16.8 Å². The van der Waals surface area contributed by atoms with E-state index in [0.29, 0.717) is 25.8 Å². The third-order valence-corrected chi connectivity index (χ3v) is 4.24. The van der Waals surface area contributed by atoms with Crippen LogP contribution in [0.3, 0.4) is 0 Å². The van der Waals surface area contributed by atoms with Crippen molar-refractivity contribution in [1.82, 2.24) is 4.90 Å². The highest BCUT2D eigenvalue weighted by atomic mass is 32.1. The summed E-state index contributed by atoms with van der Waals surface area (Å²) in [5.74, 6) is -1.15. The van der Waals surface area contributed by atoms with Crippen LogP contribution in [0.1, 0.15) is 24.8 Å². The van der Waals surface area contributed by atoms with Gasteiger partial charge in [0.1, 0.15) is 0 Å². The fourth-order valence-corrected chi connectivity index (χ4v) is 3.14. The Labute approximate surface area is 110 Å². The van der Waals surface area contributed by atoms with Crippen molar-refractivity contribution in [3.8, 4) is 0 Å². The lowest BCUT2D eigenvalue weighted by Gasteiger charge is -2.20. The fraction of sp³-hybridized carbons (Fsp3) is 0.538. The van der Waals surface area contributed by atoms with Crippen LogP contribution >= 0.6 is 11.3 Å². The lowest BCUT2D eigenvalue weighted by atomic mass is 10.0. The van der Waals surface area contributed by atoms with Gasteiger partial charge in [-0.15, -0.1) is 0 Å². The Kier molecular flexibility index (Phi) is 4.01. The van der Waals surface area contributed by atoms with Crippen molar-refractivity contribution in [1.29, 1.82) is 0 Å². The zero-order valence-electron chi connectivity index (χ0n) is 10.3. The van der Waals surface area contributed by atoms with Crippen LogP contribution in [0, 0.1) is 11.8 Å². The normalized spacial score (nSPS) is 22.9. The van der Waals surface area contributed by atoms with E-state index in [1.54, 1.807) is 23.3 Å². The fourth-order valence-electron chi connectivity index (χ4n) is 2.48. The van der Waals surface area contributed by atoms with E-state index in [2.05, 4.69) is 0 Å². The van der Waals surface area contributed by atoms with Crippen LogP contribution < -0.4 is 0 Å². The van der Waals surface area contributed by atoms with Gasteiger partial charge in [-0.3, -0.25) is 9.59 Å². The zero-order valence-corrected chi connectivity index (χ0v) is 11.2. The molecule has 1 N–H and O–H groups in total. The van der Waals surface area contributed by atoms with E-state index in [0.717, 1.165) is 5.56 Å². The molecule has 1 fully saturated rings. The molecule has 0 radical (unpaired) electrons. The van der Waals surface area contributed by atoms with Crippen LogP contribution in [-0.2, 0) is 16.1 Å². The first-order valence-corrected chi connectivity index (χ1v) is 7.01. The molecule has 0 bridgehead atoms. The van der Waals surface area contributed by atoms with Gasteiger partial charge in [0.15, 0.2) is 0 Å². The van der Waals surface area contributed by atoms with Gasteiger partial charge in [-0.1, -0.05) is 0 Å². The summed E-state index contributed by atoms with van der Waals surface area (Å²) in [5, 5.41) is 13.0. The van der Waals surface area contributed by atoms with Gasteiger partial charge in [0.2, 0.25) is 5.91 Å². The molecule has 2 unspecified atom stereocenters. The van der Waals surface area contributed by atoms with Gasteiger partial charge in [-0.05, 0) is 41.7 Å². The molecule has 98 valence electrons. The number of hydrogen-bond acceptors (Lipinski definition) is 3. The molecule has 4 nitrogen and oxygen atoms in total. The second-order valence-electron chi connectivity index (χ2n) is 4.87. The van der Waals surface area contributed by atoms with Crippen LogP contribution in [-0.4, -0.2) is 28.9 Å². The Hall–Kier alpha value is -1.36. The van der Waals surface area contributed by atoms with Gasteiger partial charge in [-0.2, -0.15) is 11.3 Å². The minimum absolute atomic E-state index is 0.0740. The summed E-state index contributed by atoms with van der Waals surface area (Å²) in [4.78, 5) is 24.8. The van der Waals surface area contributed by atoms with Gasteiger partial charge in [0.25, 0.3) is 0 Å². The second-order valence-corrected chi connectivity index (χ2v) is 5.65. The maximum Gasteiger partial charge on any atom is 0.306 e. The number of carbonyl (C=O) groups is 2. The number of rotatable bonds is 4. The number of hydrogen-bond donors (Lipinski definition) is 1. The summed E-state index contributed by atoms with van der Waals surface area (Å²) in [6, 6.07) is 2.00. The molecule has 1 aliphatic rings. The summed E-state index contributed by atoms with van der Waals surface area (Å²) in [6.45, 7) is 0.608. The highest BCUT2D eigenvalue weighted by molar-refractivity contribution is 7.07. The largest absolute Gasteiger partial charge is 0.481 e. The summed E-state index contributed by atoms with van der Waals surface area (Å²) in [7, 11) is 1.79. The maximum absolute atomic E-state index is 12.2. The molecule has 2 atom stereocenters. The first kappa shape index (κ1) is 13.1. The van der Waals surface area contributed by atoms with E-state index in [-0.39, 0.29) is 17.7 Å². The standard InChI is InChI=1S/C13H17NO3S/c1-14(7-9-4-5-18-8-9)12(15)10-2-3-11(6-10)13(16)17/h4-5,8,10-11H,2-3,6-7H2,1H3,(H,16,17). The molecule has 1 saturated carbocycles. The minimum Gasteiger partial charge on any atom is -0.481 e. The SMILES string of the molecule is CN(Cc1ccsc1)C(=O)C1CCC(C(=O)O)C1. The van der Waals surface area contributed by atoms with Crippen molar-refractivity contribution < 1.29 is 14.7 Å². The van der Waals surface area contributed by atoms with Gasteiger partial charge in [-0.25, -0.2) is 0 Å². The van der Waals surface area contributed by atoms with E-state index in [9.17, 15) is 9.59 Å². The number of carboxylic acid groups (broad SMARTS) is 1. The van der Waals surface area contributed by atoms with Crippen LogP contribution in [0.2, 0.25) is 0 Å². The molecule has 0 spiro atoms. The minimum atomic E-state index is -0.772. The smallest absolute Gasteiger partial charge is 0.306 e. The molecule has 0 aliphatic heterocycles. The van der Waals surface area contributed by atoms with E-state index >= 15 is 0 Å². The van der Waals surface area contributed by atoms with Gasteiger partial charge < -0.3 is 10.0 Å². The molecule has 18 heavy (non-hydrogen) atoms. The molecule has 5 heteroatoms. The first-order valence-electron chi connectivity index (χ1n) is 6.06. The Morgan fingerprint density at radius 1 is 1.44 bits per heavy atom. The quantitative estimate of drug-likeness (QED) is 0.910. The number of nitrogens with zero attached hydrogens (tertiary/aromatic N) is 1. The average Bonchev–Trinajstić information content (AvgIpc) is 2.98. The Morgan fingerprint density at radius 2 is 2.17 bits per heavy atom. The summed E-state index contributed by atoms with van der Waals surface area (Å²) in [5.41, 5.74) is 1.13. The lowest BCUT2D eigenvalue weighted by Crippen LogP contribution is -2.31. The van der Waals surface area contributed by atoms with Gasteiger partial charge >= 0.3 is 5.97 Å². The Bertz CT molecular complexity index is 429. The molecule has 0 saturated heterocycles. The van der Waals surface area contributed by atoms with Crippen molar-refractivity contribution >= 4 is 23.2 Å². The lowest BCUT2D eigenvalue weighted by molar-refractivity contribution is -0.141. The van der Waals surface area contributed by atoms with Crippen molar-refractivity contribution in [2.24, 2.45) is 11.8 Å². The molecule has 0 aromatic carbocycles. The monoisotopic (exact) mass is 267 g/mol. The molecule has 1 aromatic heterocycles.